The van der Waals surface area contributed by atoms with E-state index in [0.717, 1.165) is 17.1 Å². The molecule has 0 atom stereocenters. The van der Waals surface area contributed by atoms with Gasteiger partial charge in [-0.2, -0.15) is 0 Å². The van der Waals surface area contributed by atoms with Crippen LogP contribution in [0.1, 0.15) is 30.9 Å². The van der Waals surface area contributed by atoms with Crippen molar-refractivity contribution < 1.29 is 14.6 Å². The molecular weight excluding hydrogens is 204 g/mol. The standard InChI is InChI=1S/C13H18O3/c1-9(2)12-10(5-6-14)3-4-11-13(12)16-8-7-15-11/h3-4,9,14H,5-8H2,1-2H3. The van der Waals surface area contributed by atoms with Gasteiger partial charge in [0.1, 0.15) is 13.2 Å². The molecule has 1 heterocycles. The second-order valence-electron chi connectivity index (χ2n) is 4.29. The Labute approximate surface area is 96.0 Å². The Balaban J connectivity index is 2.48. The average Bonchev–Trinajstić information content (AvgIpc) is 2.28. The molecule has 0 fully saturated rings. The molecular formula is C13H18O3. The number of hydrogen-bond acceptors (Lipinski definition) is 3. The minimum atomic E-state index is 0.166. The number of aliphatic hydroxyl groups excluding tert-OH is 1. The van der Waals surface area contributed by atoms with E-state index in [1.54, 1.807) is 0 Å². The van der Waals surface area contributed by atoms with E-state index in [0.29, 0.717) is 25.6 Å². The third kappa shape index (κ3) is 2.00. The fraction of sp³-hybridized carbons (Fsp3) is 0.538. The molecule has 1 aromatic rings. The highest BCUT2D eigenvalue weighted by atomic mass is 16.6. The molecule has 3 nitrogen and oxygen atoms in total. The summed E-state index contributed by atoms with van der Waals surface area (Å²) in [5.74, 6) is 2.07. The Kier molecular flexibility index (Phi) is 3.34. The maximum atomic E-state index is 9.06. The smallest absolute Gasteiger partial charge is 0.165 e. The van der Waals surface area contributed by atoms with E-state index in [1.165, 1.54) is 5.56 Å². The minimum Gasteiger partial charge on any atom is -0.486 e. The third-order valence-corrected chi connectivity index (χ3v) is 2.80. The SMILES string of the molecule is CC(C)c1c(CCO)ccc2c1OCCO2. The van der Waals surface area contributed by atoms with Crippen LogP contribution in [-0.2, 0) is 6.42 Å². The van der Waals surface area contributed by atoms with Crippen molar-refractivity contribution in [2.75, 3.05) is 19.8 Å². The summed E-state index contributed by atoms with van der Waals surface area (Å²) in [7, 11) is 0. The van der Waals surface area contributed by atoms with E-state index in [2.05, 4.69) is 13.8 Å². The van der Waals surface area contributed by atoms with Gasteiger partial charge in [0.2, 0.25) is 0 Å². The predicted octanol–water partition coefficient (Wildman–Crippen LogP) is 2.12. The highest BCUT2D eigenvalue weighted by molar-refractivity contribution is 5.53. The van der Waals surface area contributed by atoms with Crippen LogP contribution in [0.3, 0.4) is 0 Å². The van der Waals surface area contributed by atoms with E-state index in [9.17, 15) is 0 Å². The highest BCUT2D eigenvalue weighted by Crippen LogP contribution is 2.40. The fourth-order valence-electron chi connectivity index (χ4n) is 2.15. The summed E-state index contributed by atoms with van der Waals surface area (Å²) in [6.45, 7) is 5.65. The van der Waals surface area contributed by atoms with Crippen LogP contribution in [0, 0.1) is 0 Å². The van der Waals surface area contributed by atoms with E-state index in [-0.39, 0.29) is 6.61 Å². The highest BCUT2D eigenvalue weighted by Gasteiger charge is 2.20. The lowest BCUT2D eigenvalue weighted by Gasteiger charge is -2.24. The summed E-state index contributed by atoms with van der Waals surface area (Å²) in [6, 6.07) is 3.96. The van der Waals surface area contributed by atoms with Crippen molar-refractivity contribution >= 4 is 0 Å². The van der Waals surface area contributed by atoms with Crippen molar-refractivity contribution in [3.8, 4) is 11.5 Å². The number of aliphatic hydroxyl groups is 1. The summed E-state index contributed by atoms with van der Waals surface area (Å²) < 4.78 is 11.3. The van der Waals surface area contributed by atoms with Crippen LogP contribution >= 0.6 is 0 Å². The Morgan fingerprint density at radius 3 is 2.69 bits per heavy atom. The first-order valence-corrected chi connectivity index (χ1v) is 5.76. The fourth-order valence-corrected chi connectivity index (χ4v) is 2.15. The second kappa shape index (κ2) is 4.74. The zero-order valence-electron chi connectivity index (χ0n) is 9.82. The first-order chi connectivity index (χ1) is 7.74. The normalized spacial score (nSPS) is 14.2. The Hall–Kier alpha value is -1.22. The summed E-state index contributed by atoms with van der Waals surface area (Å²) in [5.41, 5.74) is 2.33. The first kappa shape index (κ1) is 11.3. The monoisotopic (exact) mass is 222 g/mol. The predicted molar refractivity (Wildman–Crippen MR) is 62.3 cm³/mol. The van der Waals surface area contributed by atoms with Gasteiger partial charge < -0.3 is 14.6 Å². The maximum Gasteiger partial charge on any atom is 0.165 e. The van der Waals surface area contributed by atoms with Crippen molar-refractivity contribution in [2.24, 2.45) is 0 Å². The van der Waals surface area contributed by atoms with E-state index in [1.807, 2.05) is 12.1 Å². The molecule has 88 valence electrons. The number of benzene rings is 1. The first-order valence-electron chi connectivity index (χ1n) is 5.76. The molecule has 0 saturated heterocycles. The van der Waals surface area contributed by atoms with Gasteiger partial charge in [0, 0.05) is 12.2 Å². The van der Waals surface area contributed by atoms with Crippen molar-refractivity contribution in [3.63, 3.8) is 0 Å². The van der Waals surface area contributed by atoms with E-state index in [4.69, 9.17) is 14.6 Å². The van der Waals surface area contributed by atoms with Gasteiger partial charge in [0.05, 0.1) is 0 Å². The molecule has 16 heavy (non-hydrogen) atoms. The molecule has 3 heteroatoms. The van der Waals surface area contributed by atoms with Gasteiger partial charge >= 0.3 is 0 Å². The van der Waals surface area contributed by atoms with Gasteiger partial charge in [-0.25, -0.2) is 0 Å². The number of fused-ring (bicyclic) bond motifs is 1. The third-order valence-electron chi connectivity index (χ3n) is 2.80. The van der Waals surface area contributed by atoms with E-state index < -0.39 is 0 Å². The van der Waals surface area contributed by atoms with Crippen LogP contribution in [-0.4, -0.2) is 24.9 Å². The van der Waals surface area contributed by atoms with Crippen LogP contribution in [0.15, 0.2) is 12.1 Å². The molecule has 1 N–H and O–H groups in total. The van der Waals surface area contributed by atoms with Crippen molar-refractivity contribution in [2.45, 2.75) is 26.2 Å². The lowest BCUT2D eigenvalue weighted by molar-refractivity contribution is 0.169. The molecule has 1 aliphatic heterocycles. The van der Waals surface area contributed by atoms with Gasteiger partial charge in [-0.05, 0) is 24.0 Å². The zero-order chi connectivity index (χ0) is 11.5. The maximum absolute atomic E-state index is 9.06. The Bertz CT molecular complexity index is 372. The van der Waals surface area contributed by atoms with Gasteiger partial charge in [-0.1, -0.05) is 19.9 Å². The quantitative estimate of drug-likeness (QED) is 0.851. The van der Waals surface area contributed by atoms with Gasteiger partial charge in [-0.3, -0.25) is 0 Å². The molecule has 0 aromatic heterocycles. The van der Waals surface area contributed by atoms with Crippen LogP contribution in [0.2, 0.25) is 0 Å². The van der Waals surface area contributed by atoms with Crippen LogP contribution in [0.5, 0.6) is 11.5 Å². The molecule has 0 saturated carbocycles. The molecule has 0 radical (unpaired) electrons. The van der Waals surface area contributed by atoms with Crippen molar-refractivity contribution in [3.05, 3.63) is 23.3 Å². The Morgan fingerprint density at radius 2 is 2.00 bits per heavy atom. The minimum absolute atomic E-state index is 0.166. The van der Waals surface area contributed by atoms with Gasteiger partial charge in [0.15, 0.2) is 11.5 Å². The Morgan fingerprint density at radius 1 is 1.25 bits per heavy atom. The number of rotatable bonds is 3. The molecule has 0 aliphatic carbocycles. The lowest BCUT2D eigenvalue weighted by atomic mass is 9.93. The van der Waals surface area contributed by atoms with Crippen LogP contribution in [0.4, 0.5) is 0 Å². The lowest BCUT2D eigenvalue weighted by Crippen LogP contribution is -2.18. The van der Waals surface area contributed by atoms with Crippen LogP contribution in [0.25, 0.3) is 0 Å². The molecule has 0 spiro atoms. The number of ether oxygens (including phenoxy) is 2. The van der Waals surface area contributed by atoms with E-state index >= 15 is 0 Å². The molecule has 0 bridgehead atoms. The summed E-state index contributed by atoms with van der Waals surface area (Å²) in [5, 5.41) is 9.06. The summed E-state index contributed by atoms with van der Waals surface area (Å²) >= 11 is 0. The van der Waals surface area contributed by atoms with Crippen molar-refractivity contribution in [1.82, 2.24) is 0 Å². The molecule has 1 aliphatic rings. The molecule has 2 rings (SSSR count). The number of hydrogen-bond donors (Lipinski definition) is 1. The average molecular weight is 222 g/mol. The second-order valence-corrected chi connectivity index (χ2v) is 4.29. The van der Waals surface area contributed by atoms with Gasteiger partial charge in [-0.15, -0.1) is 0 Å². The van der Waals surface area contributed by atoms with Crippen molar-refractivity contribution in [1.29, 1.82) is 0 Å². The van der Waals surface area contributed by atoms with Crippen LogP contribution < -0.4 is 9.47 Å². The molecule has 0 amide bonds. The summed E-state index contributed by atoms with van der Waals surface area (Å²) in [6.07, 6.45) is 0.671. The molecule has 0 unspecified atom stereocenters. The summed E-state index contributed by atoms with van der Waals surface area (Å²) in [4.78, 5) is 0. The molecule has 1 aromatic carbocycles. The largest absolute Gasteiger partial charge is 0.486 e. The topological polar surface area (TPSA) is 38.7 Å². The van der Waals surface area contributed by atoms with Gasteiger partial charge in [0.25, 0.3) is 0 Å². The zero-order valence-corrected chi connectivity index (χ0v) is 9.82.